The van der Waals surface area contributed by atoms with Crippen molar-refractivity contribution in [1.82, 2.24) is 0 Å². The van der Waals surface area contributed by atoms with E-state index in [4.69, 9.17) is 18.9 Å². The fourth-order valence-corrected chi connectivity index (χ4v) is 7.68. The summed E-state index contributed by atoms with van der Waals surface area (Å²) in [5.41, 5.74) is 3.15. The van der Waals surface area contributed by atoms with Crippen LogP contribution in [0.5, 0.6) is 23.0 Å². The molecule has 0 aromatic heterocycles. The number of rotatable bonds is 4. The van der Waals surface area contributed by atoms with E-state index in [0.717, 1.165) is 11.1 Å². The van der Waals surface area contributed by atoms with E-state index in [-0.39, 0.29) is 28.9 Å². The van der Waals surface area contributed by atoms with Crippen molar-refractivity contribution in [3.05, 3.63) is 77.4 Å². The van der Waals surface area contributed by atoms with Crippen molar-refractivity contribution >= 4 is 46.5 Å². The average molecular weight is 585 g/mol. The summed E-state index contributed by atoms with van der Waals surface area (Å²) in [7, 11) is 1.49. The van der Waals surface area contributed by atoms with Crippen LogP contribution in [0.2, 0.25) is 0 Å². The fraction of sp³-hybridized carbons (Fsp3) is 0.281. The molecule has 2 amide bonds. The van der Waals surface area contributed by atoms with E-state index in [1.807, 2.05) is 26.8 Å². The second-order valence-corrected chi connectivity index (χ2v) is 12.2. The van der Waals surface area contributed by atoms with E-state index >= 15 is 0 Å². The molecule has 1 fully saturated rings. The molecule has 42 heavy (non-hydrogen) atoms. The highest BCUT2D eigenvalue weighted by atomic mass is 32.2. The number of carbonyl (C=O) groups is 3. The van der Waals surface area contributed by atoms with Gasteiger partial charge in [-0.2, -0.15) is 0 Å². The number of benzene rings is 3. The van der Waals surface area contributed by atoms with Gasteiger partial charge in [-0.15, -0.1) is 11.8 Å². The Morgan fingerprint density at radius 1 is 0.976 bits per heavy atom. The van der Waals surface area contributed by atoms with Gasteiger partial charge in [0.2, 0.25) is 10.8 Å². The summed E-state index contributed by atoms with van der Waals surface area (Å²) < 4.78 is 22.8. The molecule has 0 unspecified atom stereocenters. The predicted octanol–water partition coefficient (Wildman–Crippen LogP) is 5.16. The molecule has 4 aliphatic rings. The molecule has 214 valence electrons. The number of methoxy groups -OCH3 is 1. The van der Waals surface area contributed by atoms with Gasteiger partial charge in [-0.25, -0.2) is 4.79 Å². The average Bonchev–Trinajstić information content (AvgIpc) is 3.46. The van der Waals surface area contributed by atoms with E-state index in [1.165, 1.54) is 18.9 Å². The van der Waals surface area contributed by atoms with Gasteiger partial charge in [0.05, 0.1) is 24.1 Å². The molecule has 0 bridgehead atoms. The topological polar surface area (TPSA) is 94.6 Å². The van der Waals surface area contributed by atoms with Gasteiger partial charge in [0, 0.05) is 22.9 Å². The Hall–Kier alpha value is -4.44. The van der Waals surface area contributed by atoms with Crippen molar-refractivity contribution in [2.24, 2.45) is 0 Å². The minimum absolute atomic E-state index is 0.0981. The normalized spacial score (nSPS) is 21.4. The lowest BCUT2D eigenvalue weighted by Gasteiger charge is -2.40. The van der Waals surface area contributed by atoms with Crippen LogP contribution in [0.3, 0.4) is 0 Å². The van der Waals surface area contributed by atoms with E-state index in [1.54, 1.807) is 64.4 Å². The Morgan fingerprint density at radius 3 is 2.52 bits per heavy atom. The Kier molecular flexibility index (Phi) is 5.85. The van der Waals surface area contributed by atoms with Gasteiger partial charge in [-0.05, 0) is 62.7 Å². The molecule has 0 radical (unpaired) electrons. The highest BCUT2D eigenvalue weighted by molar-refractivity contribution is 8.02. The summed E-state index contributed by atoms with van der Waals surface area (Å²) in [6, 6.07) is 15.6. The zero-order valence-corrected chi connectivity index (χ0v) is 24.4. The molecule has 0 saturated carbocycles. The number of para-hydroxylation sites is 1. The third-order valence-corrected chi connectivity index (χ3v) is 9.41. The molecule has 10 heteroatoms. The van der Waals surface area contributed by atoms with Crippen molar-refractivity contribution in [3.63, 3.8) is 0 Å². The Morgan fingerprint density at radius 2 is 1.74 bits per heavy atom. The molecule has 4 aliphatic heterocycles. The zero-order chi connectivity index (χ0) is 29.4. The van der Waals surface area contributed by atoms with Crippen LogP contribution in [0.1, 0.15) is 42.3 Å². The lowest BCUT2D eigenvalue weighted by Crippen LogP contribution is -2.54. The van der Waals surface area contributed by atoms with Gasteiger partial charge in [0.25, 0.3) is 5.91 Å². The predicted molar refractivity (Wildman–Crippen MR) is 159 cm³/mol. The van der Waals surface area contributed by atoms with Crippen molar-refractivity contribution in [1.29, 1.82) is 0 Å². The number of esters is 1. The van der Waals surface area contributed by atoms with Gasteiger partial charge in [-0.3, -0.25) is 19.4 Å². The van der Waals surface area contributed by atoms with Crippen LogP contribution in [0.25, 0.3) is 5.57 Å². The third kappa shape index (κ3) is 3.67. The standard InChI is InChI=1S/C32H28N2O7S/c1-18-16-31(2,3)34-28-22(18)14-20(41-29(36)21-7-5-6-8-24(21)38-4)15-23(28)32(30(34)37)33(27(35)17-42-32)19-9-10-25-26(13-19)40-12-11-39-25/h5-10,13-16H,11-12,17H2,1-4H3/t32-/m0/s1. The first-order valence-electron chi connectivity index (χ1n) is 13.6. The van der Waals surface area contributed by atoms with Crippen LogP contribution >= 0.6 is 11.8 Å². The van der Waals surface area contributed by atoms with Crippen LogP contribution in [0.15, 0.2) is 60.7 Å². The van der Waals surface area contributed by atoms with Crippen molar-refractivity contribution < 1.29 is 33.3 Å². The molecule has 4 heterocycles. The summed E-state index contributed by atoms with van der Waals surface area (Å²) >= 11 is 1.27. The molecule has 0 aliphatic carbocycles. The smallest absolute Gasteiger partial charge is 0.347 e. The number of thioether (sulfide) groups is 1. The molecular formula is C32H28N2O7S. The first-order valence-corrected chi connectivity index (χ1v) is 14.6. The van der Waals surface area contributed by atoms with Gasteiger partial charge in [0.1, 0.15) is 30.3 Å². The quantitative estimate of drug-likeness (QED) is 0.307. The van der Waals surface area contributed by atoms with Crippen molar-refractivity contribution in [2.45, 2.75) is 31.2 Å². The van der Waals surface area contributed by atoms with Gasteiger partial charge in [-0.1, -0.05) is 18.2 Å². The van der Waals surface area contributed by atoms with Crippen molar-refractivity contribution in [3.8, 4) is 23.0 Å². The van der Waals surface area contributed by atoms with E-state index < -0.39 is 16.4 Å². The highest BCUT2D eigenvalue weighted by Gasteiger charge is 2.64. The number of ether oxygens (including phenoxy) is 4. The molecule has 1 saturated heterocycles. The minimum atomic E-state index is -1.41. The maximum absolute atomic E-state index is 14.7. The number of hydrogen-bond donors (Lipinski definition) is 0. The monoisotopic (exact) mass is 584 g/mol. The highest BCUT2D eigenvalue weighted by Crippen LogP contribution is 2.61. The summed E-state index contributed by atoms with van der Waals surface area (Å²) in [6.07, 6.45) is 2.03. The molecule has 9 nitrogen and oxygen atoms in total. The maximum Gasteiger partial charge on any atom is 0.347 e. The number of hydrogen-bond acceptors (Lipinski definition) is 8. The fourth-order valence-electron chi connectivity index (χ4n) is 6.36. The summed E-state index contributed by atoms with van der Waals surface area (Å²) in [4.78, 5) is 43.6. The number of anilines is 2. The van der Waals surface area contributed by atoms with E-state index in [2.05, 4.69) is 0 Å². The SMILES string of the molecule is COc1ccccc1C(=O)Oc1cc2c3c(c1)[C@]1(SCC(=O)N1c1ccc4c(c1)OCCO4)C(=O)N3C(C)(C)C=C2C. The molecule has 1 atom stereocenters. The summed E-state index contributed by atoms with van der Waals surface area (Å²) in [5.74, 6) is 0.829. The third-order valence-electron chi connectivity index (χ3n) is 8.03. The Labute approximate surface area is 247 Å². The second-order valence-electron chi connectivity index (χ2n) is 11.1. The number of amides is 2. The van der Waals surface area contributed by atoms with Gasteiger partial charge < -0.3 is 18.9 Å². The number of carbonyl (C=O) groups excluding carboxylic acids is 3. The van der Waals surface area contributed by atoms with E-state index in [0.29, 0.717) is 47.4 Å². The largest absolute Gasteiger partial charge is 0.496 e. The van der Waals surface area contributed by atoms with E-state index in [9.17, 15) is 14.4 Å². The first kappa shape index (κ1) is 26.5. The second kappa shape index (κ2) is 9.29. The summed E-state index contributed by atoms with van der Waals surface area (Å²) in [6.45, 7) is 6.76. The Bertz CT molecular complexity index is 1730. The van der Waals surface area contributed by atoms with Crippen LogP contribution in [-0.4, -0.2) is 49.4 Å². The first-order chi connectivity index (χ1) is 20.2. The van der Waals surface area contributed by atoms with Crippen LogP contribution in [-0.2, 0) is 14.5 Å². The number of nitrogens with zero attached hydrogens (tertiary/aromatic N) is 2. The molecule has 7 rings (SSSR count). The van der Waals surface area contributed by atoms with Gasteiger partial charge >= 0.3 is 5.97 Å². The lowest BCUT2D eigenvalue weighted by atomic mass is 9.89. The van der Waals surface area contributed by atoms with Crippen LogP contribution < -0.4 is 28.7 Å². The van der Waals surface area contributed by atoms with Gasteiger partial charge in [0.15, 0.2) is 11.5 Å². The van der Waals surface area contributed by atoms with Crippen LogP contribution in [0, 0.1) is 0 Å². The molecule has 3 aromatic carbocycles. The molecule has 3 aromatic rings. The maximum atomic E-state index is 14.7. The van der Waals surface area contributed by atoms with Crippen molar-refractivity contribution in [2.75, 3.05) is 35.9 Å². The minimum Gasteiger partial charge on any atom is -0.496 e. The number of fused-ring (bicyclic) bond motifs is 2. The van der Waals surface area contributed by atoms with Crippen LogP contribution in [0.4, 0.5) is 11.4 Å². The molecular weight excluding hydrogens is 556 g/mol. The molecule has 1 spiro atoms. The zero-order valence-electron chi connectivity index (χ0n) is 23.6. The summed E-state index contributed by atoms with van der Waals surface area (Å²) in [5, 5.41) is 0. The number of allylic oxidation sites excluding steroid dienone is 1. The lowest BCUT2D eigenvalue weighted by molar-refractivity contribution is -0.124. The Balaban J connectivity index is 1.41. The molecule has 0 N–H and O–H groups in total.